The average Bonchev–Trinajstić information content (AvgIpc) is 2.83. The topological polar surface area (TPSA) is 139 Å². The quantitative estimate of drug-likeness (QED) is 0.221. The predicted molar refractivity (Wildman–Crippen MR) is 145 cm³/mol. The molecule has 0 aliphatic carbocycles. The number of allylic oxidation sites excluding steroid dienone is 2. The van der Waals surface area contributed by atoms with Crippen LogP contribution in [0, 0.1) is 12.7 Å². The summed E-state index contributed by atoms with van der Waals surface area (Å²) < 4.78 is 20.8. The molecule has 13 heteroatoms. The highest BCUT2D eigenvalue weighted by Gasteiger charge is 2.35. The van der Waals surface area contributed by atoms with Crippen LogP contribution in [0.5, 0.6) is 5.75 Å². The van der Waals surface area contributed by atoms with E-state index >= 15 is 0 Å². The summed E-state index contributed by atoms with van der Waals surface area (Å²) in [6, 6.07) is 5.13. The summed E-state index contributed by atoms with van der Waals surface area (Å²) in [6.07, 6.45) is 7.93. The largest absolute Gasteiger partial charge is 0.433 e. The van der Waals surface area contributed by atoms with Gasteiger partial charge in [0.15, 0.2) is 11.4 Å². The van der Waals surface area contributed by atoms with Gasteiger partial charge in [-0.25, -0.2) is 14.4 Å². The molecule has 0 fully saturated rings. The van der Waals surface area contributed by atoms with Crippen molar-refractivity contribution >= 4 is 35.2 Å². The highest BCUT2D eigenvalue weighted by atomic mass is 35.5. The normalized spacial score (nSPS) is 13.0. The van der Waals surface area contributed by atoms with Gasteiger partial charge < -0.3 is 20.1 Å². The first-order valence-corrected chi connectivity index (χ1v) is 12.1. The van der Waals surface area contributed by atoms with Crippen molar-refractivity contribution in [2.24, 2.45) is 4.99 Å². The van der Waals surface area contributed by atoms with E-state index in [1.165, 1.54) is 62.1 Å². The first-order chi connectivity index (χ1) is 18.2. The number of rotatable bonds is 7. The molecule has 0 aliphatic heterocycles. The molecule has 0 radical (unpaired) electrons. The van der Waals surface area contributed by atoms with E-state index in [2.05, 4.69) is 9.98 Å². The van der Waals surface area contributed by atoms with Gasteiger partial charge in [0.2, 0.25) is 0 Å². The first-order valence-electron chi connectivity index (χ1n) is 11.4. The third-order valence-corrected chi connectivity index (χ3v) is 5.93. The fourth-order valence-corrected chi connectivity index (χ4v) is 3.89. The number of aliphatic imine (C=N–C) groups is 1. The molecule has 0 unspecified atom stereocenters. The summed E-state index contributed by atoms with van der Waals surface area (Å²) >= 11 is 12.0. The molecular weight excluding hydrogens is 554 g/mol. The van der Waals surface area contributed by atoms with E-state index in [1.54, 1.807) is 19.1 Å². The number of aryl methyl sites for hydroxylation is 1. The number of aliphatic hydroxyl groups is 3. The van der Waals surface area contributed by atoms with Crippen LogP contribution in [0.3, 0.4) is 0 Å². The van der Waals surface area contributed by atoms with Gasteiger partial charge in [-0.1, -0.05) is 29.3 Å². The van der Waals surface area contributed by atoms with Crippen molar-refractivity contribution in [2.45, 2.75) is 39.3 Å². The summed E-state index contributed by atoms with van der Waals surface area (Å²) in [5.74, 6) is -4.25. The van der Waals surface area contributed by atoms with E-state index < -0.39 is 50.0 Å². The molecule has 0 saturated heterocycles. The number of hydrogen-bond donors (Lipinski definition) is 3. The Balaban J connectivity index is 2.04. The van der Waals surface area contributed by atoms with Crippen molar-refractivity contribution in [1.82, 2.24) is 14.1 Å². The number of hydrogen-bond acceptors (Lipinski definition) is 8. The summed E-state index contributed by atoms with van der Waals surface area (Å²) in [7, 11) is 0. The lowest BCUT2D eigenvalue weighted by atomic mass is 10.0. The van der Waals surface area contributed by atoms with E-state index in [1.807, 2.05) is 0 Å². The molecule has 39 heavy (non-hydrogen) atoms. The van der Waals surface area contributed by atoms with Crippen LogP contribution in [-0.4, -0.2) is 35.3 Å². The number of ether oxygens (including phenoxy) is 1. The number of halogens is 3. The van der Waals surface area contributed by atoms with E-state index in [4.69, 9.17) is 27.9 Å². The van der Waals surface area contributed by atoms with E-state index in [0.29, 0.717) is 6.20 Å². The summed E-state index contributed by atoms with van der Waals surface area (Å²) in [4.78, 5) is 33.9. The second-order valence-electron chi connectivity index (χ2n) is 8.77. The lowest BCUT2D eigenvalue weighted by Crippen LogP contribution is -2.35. The third kappa shape index (κ3) is 6.70. The van der Waals surface area contributed by atoms with Crippen LogP contribution in [-0.2, 0) is 11.6 Å². The lowest BCUT2D eigenvalue weighted by Gasteiger charge is -2.23. The highest BCUT2D eigenvalue weighted by molar-refractivity contribution is 6.32. The van der Waals surface area contributed by atoms with Crippen LogP contribution >= 0.6 is 23.2 Å². The molecule has 0 spiro atoms. The van der Waals surface area contributed by atoms with Crippen molar-refractivity contribution in [2.75, 3.05) is 0 Å². The molecule has 0 aliphatic rings. The molecule has 3 N–H and O–H groups in total. The van der Waals surface area contributed by atoms with Crippen molar-refractivity contribution in [3.63, 3.8) is 0 Å². The smallest absolute Gasteiger partial charge is 0.370 e. The van der Waals surface area contributed by atoms with E-state index in [0.717, 1.165) is 10.6 Å². The van der Waals surface area contributed by atoms with Crippen LogP contribution in [0.4, 0.5) is 4.39 Å². The van der Waals surface area contributed by atoms with Crippen molar-refractivity contribution in [3.05, 3.63) is 109 Å². The van der Waals surface area contributed by atoms with Crippen LogP contribution in [0.15, 0.2) is 69.6 Å². The van der Waals surface area contributed by atoms with Crippen molar-refractivity contribution in [1.29, 1.82) is 0 Å². The molecule has 0 atom stereocenters. The van der Waals surface area contributed by atoms with Crippen molar-refractivity contribution < 1.29 is 24.4 Å². The Morgan fingerprint density at radius 3 is 2.49 bits per heavy atom. The molecule has 3 aromatic rings. The fraction of sp³-hybridized carbons (Fsp3) is 0.231. The maximum absolute atomic E-state index is 13.3. The minimum atomic E-state index is -3.14. The van der Waals surface area contributed by atoms with Gasteiger partial charge in [-0.3, -0.25) is 18.7 Å². The molecule has 0 bridgehead atoms. The monoisotopic (exact) mass is 578 g/mol. The maximum atomic E-state index is 13.3. The van der Waals surface area contributed by atoms with Gasteiger partial charge in [0.25, 0.3) is 11.1 Å². The average molecular weight is 579 g/mol. The Morgan fingerprint density at radius 2 is 1.87 bits per heavy atom. The SMILES string of the molecule is C/C=C/N=C(/C=C/n1c(C)cc(OC(O)(O)c2ncc(F)cc2Cl)c(Cl)c1=O)n1cccc(C(C)(C)O)c1=O. The lowest BCUT2D eigenvalue weighted by molar-refractivity contribution is -0.306. The molecule has 3 rings (SSSR count). The van der Waals surface area contributed by atoms with Crippen LogP contribution in [0.1, 0.15) is 37.7 Å². The number of aromatic nitrogens is 3. The summed E-state index contributed by atoms with van der Waals surface area (Å²) in [5, 5.41) is 30.2. The van der Waals surface area contributed by atoms with Gasteiger partial charge in [0, 0.05) is 35.9 Å². The van der Waals surface area contributed by atoms with Crippen LogP contribution in [0.2, 0.25) is 10.0 Å². The van der Waals surface area contributed by atoms with Gasteiger partial charge >= 0.3 is 5.97 Å². The standard InChI is InChI=1S/C26H25Cl2FN4O6/c1-5-9-30-20(33-10-6-7-17(23(33)34)25(3,4)36)8-11-32-15(2)12-19(21(28)24(32)35)39-26(37,38)22-18(27)13-16(29)14-31-22/h5-14,36-38H,1-4H3/b9-5+,11-8+,30-20-. The Hall–Kier alpha value is -3.61. The van der Waals surface area contributed by atoms with Crippen LogP contribution in [0.25, 0.3) is 6.20 Å². The number of pyridine rings is 3. The molecule has 3 heterocycles. The van der Waals surface area contributed by atoms with Crippen LogP contribution < -0.4 is 15.9 Å². The highest BCUT2D eigenvalue weighted by Crippen LogP contribution is 2.31. The van der Waals surface area contributed by atoms with Gasteiger partial charge in [-0.15, -0.1) is 0 Å². The minimum Gasteiger partial charge on any atom is -0.433 e. The molecule has 3 aromatic heterocycles. The van der Waals surface area contributed by atoms with Crippen molar-refractivity contribution in [3.8, 4) is 5.75 Å². The van der Waals surface area contributed by atoms with Gasteiger partial charge in [-0.2, -0.15) is 0 Å². The number of nitrogens with zero attached hydrogens (tertiary/aromatic N) is 4. The maximum Gasteiger partial charge on any atom is 0.370 e. The predicted octanol–water partition coefficient (Wildman–Crippen LogP) is 3.51. The minimum absolute atomic E-state index is 0.119. The van der Waals surface area contributed by atoms with Gasteiger partial charge in [-0.05, 0) is 52.0 Å². The summed E-state index contributed by atoms with van der Waals surface area (Å²) in [6.45, 7) is 6.20. The third-order valence-electron chi connectivity index (χ3n) is 5.29. The Labute approximate surface area is 232 Å². The molecule has 0 aromatic carbocycles. The summed E-state index contributed by atoms with van der Waals surface area (Å²) in [5.41, 5.74) is -2.97. The zero-order valence-electron chi connectivity index (χ0n) is 21.3. The Kier molecular flexibility index (Phi) is 8.94. The second kappa shape index (κ2) is 11.6. The van der Waals surface area contributed by atoms with E-state index in [-0.39, 0.29) is 17.1 Å². The Morgan fingerprint density at radius 1 is 1.18 bits per heavy atom. The molecule has 0 saturated carbocycles. The van der Waals surface area contributed by atoms with Gasteiger partial charge in [0.05, 0.1) is 16.8 Å². The van der Waals surface area contributed by atoms with E-state index in [9.17, 15) is 29.3 Å². The second-order valence-corrected chi connectivity index (χ2v) is 9.56. The molecule has 10 nitrogen and oxygen atoms in total. The molecular formula is C26H25Cl2FN4O6. The Bertz CT molecular complexity index is 1600. The zero-order valence-corrected chi connectivity index (χ0v) is 22.8. The zero-order chi connectivity index (χ0) is 29.1. The molecule has 206 valence electrons. The first kappa shape index (κ1) is 29.9. The molecule has 0 amide bonds. The fourth-order valence-electron chi connectivity index (χ4n) is 3.43. The van der Waals surface area contributed by atoms with Gasteiger partial charge in [0.1, 0.15) is 16.7 Å².